The molecular formula is C8H19NSi. The maximum Gasteiger partial charge on any atom is 0.148 e. The van der Waals surface area contributed by atoms with Gasteiger partial charge in [0.15, 0.2) is 0 Å². The molecule has 0 bridgehead atoms. The first kappa shape index (κ1) is 9.92. The van der Waals surface area contributed by atoms with Gasteiger partial charge in [-0.15, -0.1) is 6.58 Å². The highest BCUT2D eigenvalue weighted by atomic mass is 28.3. The summed E-state index contributed by atoms with van der Waals surface area (Å²) in [7, 11) is 3.11. The molecule has 60 valence electrons. The van der Waals surface area contributed by atoms with Crippen molar-refractivity contribution in [3.63, 3.8) is 0 Å². The van der Waals surface area contributed by atoms with E-state index in [2.05, 4.69) is 44.4 Å². The van der Waals surface area contributed by atoms with Crippen LogP contribution in [0, 0.1) is 0 Å². The average molecular weight is 157 g/mol. The lowest BCUT2D eigenvalue weighted by molar-refractivity contribution is 0.620. The highest BCUT2D eigenvalue weighted by molar-refractivity contribution is 6.80. The summed E-state index contributed by atoms with van der Waals surface area (Å²) >= 11 is 0. The van der Waals surface area contributed by atoms with Gasteiger partial charge >= 0.3 is 0 Å². The number of nitrogens with zero attached hydrogens (tertiary/aromatic N) is 1. The molecule has 0 aromatic carbocycles. The highest BCUT2D eigenvalue weighted by Gasteiger charge is 2.24. The van der Waals surface area contributed by atoms with Crippen LogP contribution in [-0.4, -0.2) is 26.9 Å². The Kier molecular flexibility index (Phi) is 3.90. The molecule has 0 amide bonds. The van der Waals surface area contributed by atoms with Gasteiger partial charge in [0.05, 0.1) is 0 Å². The summed E-state index contributed by atoms with van der Waals surface area (Å²) < 4.78 is 2.35. The van der Waals surface area contributed by atoms with E-state index < -0.39 is 8.24 Å². The summed E-state index contributed by atoms with van der Waals surface area (Å²) in [6.45, 7) is 8.48. The Balaban J connectivity index is 4.08. The first-order valence-corrected chi connectivity index (χ1v) is 6.61. The minimum absolute atomic E-state index is 1.20. The Morgan fingerprint density at radius 3 is 2.10 bits per heavy atom. The first-order chi connectivity index (χ1) is 4.56. The maximum atomic E-state index is 3.89. The Morgan fingerprint density at radius 2 is 2.00 bits per heavy atom. The van der Waals surface area contributed by atoms with Crippen LogP contribution in [0.1, 0.15) is 13.3 Å². The molecule has 0 aliphatic rings. The number of hydrogen-bond acceptors (Lipinski definition) is 1. The quantitative estimate of drug-likeness (QED) is 0.566. The van der Waals surface area contributed by atoms with Crippen LogP contribution in [0.15, 0.2) is 12.3 Å². The topological polar surface area (TPSA) is 3.24 Å². The van der Waals surface area contributed by atoms with Gasteiger partial charge in [-0.3, -0.25) is 0 Å². The smallest absolute Gasteiger partial charge is 0.148 e. The van der Waals surface area contributed by atoms with Crippen molar-refractivity contribution in [3.05, 3.63) is 12.3 Å². The Bertz CT molecular complexity index is 112. The van der Waals surface area contributed by atoms with Crippen molar-refractivity contribution in [2.75, 3.05) is 14.1 Å². The molecule has 0 heterocycles. The van der Waals surface area contributed by atoms with Gasteiger partial charge in [0.2, 0.25) is 0 Å². The average Bonchev–Trinajstić information content (AvgIpc) is 1.88. The number of hydrogen-bond donors (Lipinski definition) is 0. The van der Waals surface area contributed by atoms with Crippen LogP contribution < -0.4 is 0 Å². The molecule has 0 saturated carbocycles. The third kappa shape index (κ3) is 2.27. The summed E-state index contributed by atoms with van der Waals surface area (Å²) in [6, 6.07) is 1.32. The van der Waals surface area contributed by atoms with Crippen LogP contribution in [-0.2, 0) is 0 Å². The van der Waals surface area contributed by atoms with Crippen LogP contribution >= 0.6 is 0 Å². The Morgan fingerprint density at radius 1 is 1.50 bits per heavy atom. The normalized spacial score (nSPS) is 16.9. The van der Waals surface area contributed by atoms with Gasteiger partial charge in [0, 0.05) is 0 Å². The maximum absolute atomic E-state index is 3.89. The van der Waals surface area contributed by atoms with Crippen molar-refractivity contribution in [2.24, 2.45) is 0 Å². The second kappa shape index (κ2) is 3.94. The zero-order chi connectivity index (χ0) is 8.20. The molecule has 0 aliphatic carbocycles. The molecule has 0 rings (SSSR count). The standard InChI is InChI=1S/C8H19NSi/c1-6-8-10(5,7-2)9(3)4/h7H,2,6,8H2,1,3-5H3. The van der Waals surface area contributed by atoms with E-state index in [1.165, 1.54) is 12.5 Å². The Labute approximate surface area is 65.8 Å². The second-order valence-electron chi connectivity index (χ2n) is 3.21. The fourth-order valence-corrected chi connectivity index (χ4v) is 3.04. The van der Waals surface area contributed by atoms with Gasteiger partial charge in [-0.05, 0) is 20.1 Å². The van der Waals surface area contributed by atoms with E-state index in [-0.39, 0.29) is 0 Å². The fourth-order valence-electron chi connectivity index (χ4n) is 1.01. The van der Waals surface area contributed by atoms with Gasteiger partial charge < -0.3 is 4.57 Å². The summed E-state index contributed by atoms with van der Waals surface area (Å²) in [4.78, 5) is 0. The van der Waals surface area contributed by atoms with Crippen molar-refractivity contribution in [1.82, 2.24) is 4.57 Å². The summed E-state index contributed by atoms with van der Waals surface area (Å²) in [6.07, 6.45) is 1.27. The first-order valence-electron chi connectivity index (χ1n) is 3.88. The molecule has 0 fully saturated rings. The van der Waals surface area contributed by atoms with Crippen molar-refractivity contribution >= 4 is 8.24 Å². The molecule has 10 heavy (non-hydrogen) atoms. The molecule has 0 aromatic rings. The van der Waals surface area contributed by atoms with Gasteiger partial charge in [-0.25, -0.2) is 0 Å². The highest BCUT2D eigenvalue weighted by Crippen LogP contribution is 2.14. The number of rotatable bonds is 4. The van der Waals surface area contributed by atoms with E-state index in [1.807, 2.05) is 0 Å². The molecule has 0 N–H and O–H groups in total. The lowest BCUT2D eigenvalue weighted by Gasteiger charge is -2.30. The molecule has 1 unspecified atom stereocenters. The molecule has 0 saturated heterocycles. The zero-order valence-corrected chi connectivity index (χ0v) is 8.65. The van der Waals surface area contributed by atoms with Gasteiger partial charge in [-0.2, -0.15) is 0 Å². The van der Waals surface area contributed by atoms with Crippen LogP contribution in [0.3, 0.4) is 0 Å². The molecule has 1 nitrogen and oxygen atoms in total. The Hall–Kier alpha value is -0.0831. The lowest BCUT2D eigenvalue weighted by atomic mass is 10.6. The summed E-state index contributed by atoms with van der Waals surface area (Å²) in [5, 5.41) is 0. The molecule has 1 atom stereocenters. The van der Waals surface area contributed by atoms with Crippen LogP contribution in [0.25, 0.3) is 0 Å². The largest absolute Gasteiger partial charge is 0.326 e. The third-order valence-corrected chi connectivity index (χ3v) is 6.65. The van der Waals surface area contributed by atoms with E-state index in [4.69, 9.17) is 0 Å². The summed E-state index contributed by atoms with van der Waals surface area (Å²) in [5.41, 5.74) is 2.16. The van der Waals surface area contributed by atoms with Crippen molar-refractivity contribution in [1.29, 1.82) is 0 Å². The molecule has 0 radical (unpaired) electrons. The van der Waals surface area contributed by atoms with E-state index in [1.54, 1.807) is 0 Å². The lowest BCUT2D eigenvalue weighted by Crippen LogP contribution is -2.44. The minimum atomic E-state index is -1.20. The van der Waals surface area contributed by atoms with Crippen molar-refractivity contribution < 1.29 is 0 Å². The van der Waals surface area contributed by atoms with Crippen molar-refractivity contribution in [2.45, 2.75) is 25.9 Å². The third-order valence-electron chi connectivity index (χ3n) is 2.22. The molecular weight excluding hydrogens is 138 g/mol. The van der Waals surface area contributed by atoms with E-state index in [0.717, 1.165) is 0 Å². The van der Waals surface area contributed by atoms with E-state index in [0.29, 0.717) is 0 Å². The molecule has 0 aliphatic heterocycles. The molecule has 0 spiro atoms. The SMILES string of the molecule is C=C[Si](C)(CCC)N(C)C. The second-order valence-corrected chi connectivity index (χ2v) is 7.72. The molecule has 2 heteroatoms. The fraction of sp³-hybridized carbons (Fsp3) is 0.750. The predicted molar refractivity (Wildman–Crippen MR) is 50.6 cm³/mol. The van der Waals surface area contributed by atoms with Crippen LogP contribution in [0.5, 0.6) is 0 Å². The molecule has 0 aromatic heterocycles. The predicted octanol–water partition coefficient (Wildman–Crippen LogP) is 2.26. The monoisotopic (exact) mass is 157 g/mol. The van der Waals surface area contributed by atoms with Crippen LogP contribution in [0.4, 0.5) is 0 Å². The van der Waals surface area contributed by atoms with Gasteiger partial charge in [0.1, 0.15) is 8.24 Å². The van der Waals surface area contributed by atoms with Crippen LogP contribution in [0.2, 0.25) is 12.6 Å². The van der Waals surface area contributed by atoms with Gasteiger partial charge in [0.25, 0.3) is 0 Å². The van der Waals surface area contributed by atoms with E-state index in [9.17, 15) is 0 Å². The van der Waals surface area contributed by atoms with Crippen molar-refractivity contribution in [3.8, 4) is 0 Å². The zero-order valence-electron chi connectivity index (χ0n) is 7.65. The van der Waals surface area contributed by atoms with Gasteiger partial charge in [-0.1, -0.05) is 25.6 Å². The summed E-state index contributed by atoms with van der Waals surface area (Å²) in [5.74, 6) is 0. The van der Waals surface area contributed by atoms with E-state index >= 15 is 0 Å². The minimum Gasteiger partial charge on any atom is -0.326 e.